The molecule has 0 aliphatic rings. The van der Waals surface area contributed by atoms with Crippen molar-refractivity contribution in [3.05, 3.63) is 173 Å². The molecule has 0 spiro atoms. The van der Waals surface area contributed by atoms with Gasteiger partial charge in [-0.15, -0.1) is 0 Å². The highest BCUT2D eigenvalue weighted by atomic mass is 19.1. The molecule has 20 nitrogen and oxygen atoms in total. The Hall–Kier alpha value is -9.76. The van der Waals surface area contributed by atoms with Gasteiger partial charge in [-0.25, -0.2) is 52.1 Å². The van der Waals surface area contributed by atoms with Gasteiger partial charge in [0.25, 0.3) is 5.82 Å². The highest BCUT2D eigenvalue weighted by Gasteiger charge is 2.24. The molecule has 0 aliphatic heterocycles. The smallest absolute Gasteiger partial charge is 0.317 e. The molecule has 0 atom stereocenters. The van der Waals surface area contributed by atoms with Crippen LogP contribution in [0, 0.1) is 43.7 Å². The zero-order valence-corrected chi connectivity index (χ0v) is 44.1. The minimum atomic E-state index is -0.787. The maximum absolute atomic E-state index is 15.3. The Balaban J connectivity index is 0.000000204. The number of carboxylic acid groups (broad SMARTS) is 1. The Bertz CT molecular complexity index is 3640. The van der Waals surface area contributed by atoms with Gasteiger partial charge in [-0.3, -0.25) is 9.69 Å². The average Bonchev–Trinajstić information content (AvgIpc) is 4.15. The zero-order valence-electron chi connectivity index (χ0n) is 44.1. The number of carbonyl (C=O) groups is 1. The van der Waals surface area contributed by atoms with E-state index in [1.54, 1.807) is 63.7 Å². The number of ether oxygens (including phenoxy) is 4. The fourth-order valence-corrected chi connectivity index (χ4v) is 7.36. The number of nitrogens with zero attached hydrogens (tertiary/aromatic N) is 12. The number of carboxylic acids is 1. The van der Waals surface area contributed by atoms with Gasteiger partial charge < -0.3 is 40.4 Å². The van der Waals surface area contributed by atoms with Gasteiger partial charge in [0.15, 0.2) is 23.1 Å². The summed E-state index contributed by atoms with van der Waals surface area (Å²) in [5, 5.41) is 16.9. The highest BCUT2D eigenvalue weighted by Crippen LogP contribution is 2.36. The number of hydrogen-bond acceptors (Lipinski definition) is 16. The van der Waals surface area contributed by atoms with Crippen molar-refractivity contribution in [3.8, 4) is 45.9 Å². The molecular weight excluding hydrogens is 1030 g/mol. The fourth-order valence-electron chi connectivity index (χ4n) is 7.36. The molecule has 0 radical (unpaired) electrons. The number of aromatic nitrogens is 10. The van der Waals surface area contributed by atoms with E-state index in [1.165, 1.54) is 70.3 Å². The van der Waals surface area contributed by atoms with Crippen LogP contribution < -0.4 is 30.4 Å². The quantitative estimate of drug-likeness (QED) is 0.0601. The predicted octanol–water partition coefficient (Wildman–Crippen LogP) is 10.8. The first-order valence-corrected chi connectivity index (χ1v) is 24.1. The van der Waals surface area contributed by atoms with Crippen molar-refractivity contribution in [2.45, 2.75) is 66.6 Å². The third-order valence-corrected chi connectivity index (χ3v) is 11.0. The Morgan fingerprint density at radius 3 is 1.52 bits per heavy atom. The summed E-state index contributed by atoms with van der Waals surface area (Å²) in [6, 6.07) is 16.1. The van der Waals surface area contributed by atoms with Crippen LogP contribution in [0.15, 0.2) is 104 Å². The van der Waals surface area contributed by atoms with E-state index in [9.17, 15) is 18.0 Å². The van der Waals surface area contributed by atoms with Crippen LogP contribution in [-0.2, 0) is 18.0 Å². The Kier molecular flexibility index (Phi) is 18.3. The number of aliphatic carboxylic acids is 1. The minimum Gasteiger partial charge on any atom is -0.489 e. The van der Waals surface area contributed by atoms with Crippen molar-refractivity contribution in [3.63, 3.8) is 0 Å². The van der Waals surface area contributed by atoms with Crippen LogP contribution >= 0.6 is 0 Å². The minimum absolute atomic E-state index is 0.0339. The lowest BCUT2D eigenvalue weighted by Gasteiger charge is -2.11. The number of benzene rings is 4. The summed E-state index contributed by atoms with van der Waals surface area (Å²) < 4.78 is 83.9. The lowest BCUT2D eigenvalue weighted by molar-refractivity contribution is -0.137. The first-order valence-electron chi connectivity index (χ1n) is 24.1. The second-order valence-corrected chi connectivity index (χ2v) is 18.4. The molecule has 4 aromatic carbocycles. The van der Waals surface area contributed by atoms with Crippen molar-refractivity contribution in [1.29, 1.82) is 0 Å². The standard InChI is InChI=1S/C26H23F2N7O2.C25H22F2N6O2.C4H9NO2/c1-14(2)23-24-25(26(29)33-13-32-24)35(34-23)22-5-4-18(9-21(22)28)37-20-7-17(27)6-19(8-20)36-12-16-10-30-15(3)31-11-16;1-14(2)24-23(28)25(29-4)33(32-24)22-6-5-18(10-21(22)27)35-20-8-17(26)7-19(9-20)34-13-16-11-30-15(3)31-12-16;1-5(2)3-4(6)7/h4-11,13-14H,12H2,1-3H3,(H2,29,32,33);5-12,14H,13,28H2,1-3H3;3H2,1-2H3,(H,6,7). The van der Waals surface area contributed by atoms with Gasteiger partial charge >= 0.3 is 5.97 Å². The lowest BCUT2D eigenvalue weighted by atomic mass is 10.1. The van der Waals surface area contributed by atoms with Crippen molar-refractivity contribution in [2.24, 2.45) is 0 Å². The van der Waals surface area contributed by atoms with Crippen LogP contribution in [0.1, 0.15) is 73.7 Å². The SMILES string of the molecule is CN(C)CC(=O)O.Cc1ncc(COc2cc(F)cc(Oc3ccc(-n4nc(C(C)C)c5ncnc(N)c54)c(F)c3)c2)cn1.[C-]#[N+]c1c(N)c(C(C)C)nn1-c1ccc(Oc2cc(F)cc(OCc3cnc(C)nc3)c2)cc1F. The second-order valence-electron chi connectivity index (χ2n) is 18.4. The molecule has 0 aliphatic carbocycles. The Labute approximate surface area is 451 Å². The van der Waals surface area contributed by atoms with Crippen LogP contribution in [0.3, 0.4) is 0 Å². The topological polar surface area (TPSA) is 247 Å². The lowest BCUT2D eigenvalue weighted by Crippen LogP contribution is -2.20. The molecule has 9 rings (SSSR count). The van der Waals surface area contributed by atoms with E-state index in [2.05, 4.69) is 44.9 Å². The average molecular weight is 1080 g/mol. The molecule has 79 heavy (non-hydrogen) atoms. The van der Waals surface area contributed by atoms with E-state index in [1.807, 2.05) is 27.7 Å². The number of anilines is 2. The molecule has 5 aromatic heterocycles. The summed E-state index contributed by atoms with van der Waals surface area (Å²) in [4.78, 5) is 39.5. The number of halogens is 4. The molecule has 24 heteroatoms. The predicted molar refractivity (Wildman–Crippen MR) is 285 cm³/mol. The third kappa shape index (κ3) is 14.8. The maximum Gasteiger partial charge on any atom is 0.317 e. The van der Waals surface area contributed by atoms with Crippen LogP contribution in [0.4, 0.5) is 34.9 Å². The molecular formula is C55H54F4N14O6. The van der Waals surface area contributed by atoms with E-state index in [4.69, 9.17) is 42.1 Å². The summed E-state index contributed by atoms with van der Waals surface area (Å²) in [5.74, 6) is -0.706. The van der Waals surface area contributed by atoms with Gasteiger partial charge in [0.05, 0.1) is 23.6 Å². The number of nitrogens with two attached hydrogens (primary N) is 2. The van der Waals surface area contributed by atoms with E-state index >= 15 is 4.39 Å². The zero-order chi connectivity index (χ0) is 57.1. The molecule has 0 amide bonds. The van der Waals surface area contributed by atoms with E-state index in [0.717, 1.165) is 23.3 Å². The van der Waals surface area contributed by atoms with Gasteiger partial charge in [0.1, 0.15) is 94.0 Å². The van der Waals surface area contributed by atoms with Gasteiger partial charge in [-0.2, -0.15) is 9.78 Å². The third-order valence-electron chi connectivity index (χ3n) is 11.0. The molecule has 0 bridgehead atoms. The molecule has 0 fully saturated rings. The Morgan fingerprint density at radius 2 is 1.10 bits per heavy atom. The summed E-state index contributed by atoms with van der Waals surface area (Å²) in [6.07, 6.45) is 7.88. The van der Waals surface area contributed by atoms with Crippen LogP contribution in [0.25, 0.3) is 27.3 Å². The number of fused-ring (bicyclic) bond motifs is 1. The summed E-state index contributed by atoms with van der Waals surface area (Å²) >= 11 is 0. The first-order chi connectivity index (χ1) is 37.6. The number of likely N-dealkylation sites (N-methyl/N-ethyl adjacent to an activating group) is 1. The van der Waals surface area contributed by atoms with Gasteiger partial charge in [0.2, 0.25) is 0 Å². The van der Waals surface area contributed by atoms with Crippen molar-refractivity contribution in [1.82, 2.24) is 54.4 Å². The monoisotopic (exact) mass is 1080 g/mol. The molecule has 5 N–H and O–H groups in total. The normalized spacial score (nSPS) is 11.0. The molecule has 0 saturated carbocycles. The van der Waals surface area contributed by atoms with Crippen molar-refractivity contribution < 1.29 is 46.4 Å². The largest absolute Gasteiger partial charge is 0.489 e. The molecule has 0 saturated heterocycles. The molecule has 5 heterocycles. The van der Waals surface area contributed by atoms with E-state index in [0.29, 0.717) is 34.1 Å². The Morgan fingerprint density at radius 1 is 0.646 bits per heavy atom. The van der Waals surface area contributed by atoms with Gasteiger partial charge in [-0.1, -0.05) is 39.4 Å². The number of nitrogen functional groups attached to an aromatic ring is 2. The van der Waals surface area contributed by atoms with E-state index < -0.39 is 29.2 Å². The number of aryl methyl sites for hydroxylation is 2. The van der Waals surface area contributed by atoms with Crippen LogP contribution in [0.5, 0.6) is 34.5 Å². The van der Waals surface area contributed by atoms with E-state index in [-0.39, 0.29) is 94.8 Å². The highest BCUT2D eigenvalue weighted by molar-refractivity contribution is 5.88. The molecule has 0 unspecified atom stereocenters. The van der Waals surface area contributed by atoms with Crippen LogP contribution in [0.2, 0.25) is 0 Å². The van der Waals surface area contributed by atoms with Gasteiger partial charge in [-0.05, 0) is 58.1 Å². The summed E-state index contributed by atoms with van der Waals surface area (Å²) in [7, 11) is 3.43. The fraction of sp³-hybridized carbons (Fsp3) is 0.236. The molecule has 408 valence electrons. The van der Waals surface area contributed by atoms with Crippen LogP contribution in [-0.4, -0.2) is 86.1 Å². The maximum atomic E-state index is 15.3. The first kappa shape index (κ1) is 57.0. The summed E-state index contributed by atoms with van der Waals surface area (Å²) in [6.45, 7) is 19.1. The second kappa shape index (κ2) is 25.4. The van der Waals surface area contributed by atoms with Crippen molar-refractivity contribution >= 4 is 34.3 Å². The number of hydrogen-bond donors (Lipinski definition) is 3. The van der Waals surface area contributed by atoms with Gasteiger partial charge in [0, 0.05) is 90.4 Å². The number of rotatable bonds is 16. The molecule has 9 aromatic rings. The van der Waals surface area contributed by atoms with Crippen molar-refractivity contribution in [2.75, 3.05) is 32.1 Å². The summed E-state index contributed by atoms with van der Waals surface area (Å²) in [5.41, 5.74) is 16.1.